The lowest BCUT2D eigenvalue weighted by atomic mass is 10.2. The van der Waals surface area contributed by atoms with Crippen molar-refractivity contribution >= 4 is 11.6 Å². The predicted molar refractivity (Wildman–Crippen MR) is 82.6 cm³/mol. The SMILES string of the molecule is COc1ccc(C(=O)NCCCNc2cccnc2)cc1F. The number of nitrogens with zero attached hydrogens (tertiary/aromatic N) is 1. The van der Waals surface area contributed by atoms with E-state index in [9.17, 15) is 9.18 Å². The summed E-state index contributed by atoms with van der Waals surface area (Å²) in [7, 11) is 1.38. The highest BCUT2D eigenvalue weighted by Gasteiger charge is 2.09. The van der Waals surface area contributed by atoms with E-state index in [4.69, 9.17) is 4.74 Å². The van der Waals surface area contributed by atoms with Gasteiger partial charge in [0, 0.05) is 31.0 Å². The van der Waals surface area contributed by atoms with Crippen LogP contribution in [-0.4, -0.2) is 31.1 Å². The van der Waals surface area contributed by atoms with Gasteiger partial charge in [0.05, 0.1) is 12.8 Å². The molecule has 0 saturated heterocycles. The van der Waals surface area contributed by atoms with Crippen LogP contribution in [0.15, 0.2) is 42.7 Å². The molecule has 22 heavy (non-hydrogen) atoms. The van der Waals surface area contributed by atoms with Gasteiger partial charge in [0.1, 0.15) is 0 Å². The van der Waals surface area contributed by atoms with Crippen molar-refractivity contribution in [1.29, 1.82) is 0 Å². The summed E-state index contributed by atoms with van der Waals surface area (Å²) < 4.78 is 18.3. The summed E-state index contributed by atoms with van der Waals surface area (Å²) in [5, 5.41) is 5.94. The number of halogens is 1. The largest absolute Gasteiger partial charge is 0.494 e. The molecule has 0 aliphatic carbocycles. The Labute approximate surface area is 128 Å². The summed E-state index contributed by atoms with van der Waals surface area (Å²) >= 11 is 0. The first-order valence-electron chi connectivity index (χ1n) is 6.96. The number of hydrogen-bond donors (Lipinski definition) is 2. The topological polar surface area (TPSA) is 63.2 Å². The summed E-state index contributed by atoms with van der Waals surface area (Å²) in [6.07, 6.45) is 4.19. The summed E-state index contributed by atoms with van der Waals surface area (Å²) in [5.74, 6) is -0.728. The van der Waals surface area contributed by atoms with Crippen LogP contribution in [0.3, 0.4) is 0 Å². The molecule has 1 aromatic heterocycles. The van der Waals surface area contributed by atoms with Crippen molar-refractivity contribution < 1.29 is 13.9 Å². The molecule has 1 heterocycles. The number of carbonyl (C=O) groups excluding carboxylic acids is 1. The number of anilines is 1. The Balaban J connectivity index is 1.72. The lowest BCUT2D eigenvalue weighted by Crippen LogP contribution is -2.25. The van der Waals surface area contributed by atoms with Gasteiger partial charge in [0.25, 0.3) is 5.91 Å². The van der Waals surface area contributed by atoms with Crippen molar-refractivity contribution in [2.45, 2.75) is 6.42 Å². The van der Waals surface area contributed by atoms with Gasteiger partial charge >= 0.3 is 0 Å². The minimum Gasteiger partial charge on any atom is -0.494 e. The van der Waals surface area contributed by atoms with Crippen LogP contribution >= 0.6 is 0 Å². The minimum atomic E-state index is -0.548. The second kappa shape index (κ2) is 7.97. The molecule has 6 heteroatoms. The molecule has 2 aromatic rings. The highest BCUT2D eigenvalue weighted by molar-refractivity contribution is 5.94. The van der Waals surface area contributed by atoms with E-state index in [1.54, 1.807) is 12.4 Å². The van der Waals surface area contributed by atoms with Gasteiger partial charge in [0.2, 0.25) is 0 Å². The molecule has 1 aromatic carbocycles. The molecule has 0 radical (unpaired) electrons. The van der Waals surface area contributed by atoms with E-state index in [2.05, 4.69) is 15.6 Å². The van der Waals surface area contributed by atoms with Crippen molar-refractivity contribution in [3.63, 3.8) is 0 Å². The van der Waals surface area contributed by atoms with E-state index in [0.717, 1.165) is 12.1 Å². The first-order valence-corrected chi connectivity index (χ1v) is 6.96. The predicted octanol–water partition coefficient (Wildman–Crippen LogP) is 2.46. The first-order chi connectivity index (χ1) is 10.7. The molecule has 0 bridgehead atoms. The summed E-state index contributed by atoms with van der Waals surface area (Å²) in [6, 6.07) is 7.91. The zero-order chi connectivity index (χ0) is 15.8. The fourth-order valence-electron chi connectivity index (χ4n) is 1.90. The van der Waals surface area contributed by atoms with Gasteiger partial charge in [-0.15, -0.1) is 0 Å². The lowest BCUT2D eigenvalue weighted by molar-refractivity contribution is 0.0953. The Morgan fingerprint density at radius 3 is 2.86 bits per heavy atom. The average molecular weight is 303 g/mol. The number of ether oxygens (including phenoxy) is 1. The minimum absolute atomic E-state index is 0.122. The number of aromatic nitrogens is 1. The van der Waals surface area contributed by atoms with Crippen LogP contribution in [0.5, 0.6) is 5.75 Å². The van der Waals surface area contributed by atoms with Gasteiger partial charge in [-0.3, -0.25) is 9.78 Å². The lowest BCUT2D eigenvalue weighted by Gasteiger charge is -2.08. The fraction of sp³-hybridized carbons (Fsp3) is 0.250. The van der Waals surface area contributed by atoms with Gasteiger partial charge in [0.15, 0.2) is 11.6 Å². The number of hydrogen-bond acceptors (Lipinski definition) is 4. The molecule has 0 unspecified atom stereocenters. The van der Waals surface area contributed by atoms with Crippen LogP contribution in [0.1, 0.15) is 16.8 Å². The Morgan fingerprint density at radius 1 is 1.32 bits per heavy atom. The van der Waals surface area contributed by atoms with Crippen molar-refractivity contribution in [2.75, 3.05) is 25.5 Å². The number of carbonyl (C=O) groups is 1. The molecular weight excluding hydrogens is 285 g/mol. The number of nitrogens with one attached hydrogen (secondary N) is 2. The number of benzene rings is 1. The van der Waals surface area contributed by atoms with E-state index >= 15 is 0 Å². The maximum absolute atomic E-state index is 13.5. The Bertz CT molecular complexity index is 620. The molecule has 0 aliphatic rings. The van der Waals surface area contributed by atoms with E-state index in [1.165, 1.54) is 25.3 Å². The molecule has 0 fully saturated rings. The Morgan fingerprint density at radius 2 is 2.18 bits per heavy atom. The second-order valence-corrected chi connectivity index (χ2v) is 4.63. The van der Waals surface area contributed by atoms with Crippen molar-refractivity contribution in [3.05, 3.63) is 54.1 Å². The zero-order valence-corrected chi connectivity index (χ0v) is 12.3. The quantitative estimate of drug-likeness (QED) is 0.771. The van der Waals surface area contributed by atoms with E-state index in [0.29, 0.717) is 13.1 Å². The molecule has 2 rings (SSSR count). The third-order valence-electron chi connectivity index (χ3n) is 3.04. The molecule has 0 spiro atoms. The smallest absolute Gasteiger partial charge is 0.251 e. The monoisotopic (exact) mass is 303 g/mol. The normalized spacial score (nSPS) is 10.1. The summed E-state index contributed by atoms with van der Waals surface area (Å²) in [5.41, 5.74) is 1.21. The van der Waals surface area contributed by atoms with Gasteiger partial charge in [-0.2, -0.15) is 0 Å². The van der Waals surface area contributed by atoms with Crippen LogP contribution in [0.2, 0.25) is 0 Å². The zero-order valence-electron chi connectivity index (χ0n) is 12.3. The second-order valence-electron chi connectivity index (χ2n) is 4.63. The molecule has 1 amide bonds. The Hall–Kier alpha value is -2.63. The molecule has 5 nitrogen and oxygen atoms in total. The maximum atomic E-state index is 13.5. The van der Waals surface area contributed by atoms with Crippen molar-refractivity contribution in [2.24, 2.45) is 0 Å². The van der Waals surface area contributed by atoms with Crippen molar-refractivity contribution in [1.82, 2.24) is 10.3 Å². The number of rotatable bonds is 7. The van der Waals surface area contributed by atoms with Crippen LogP contribution in [0.25, 0.3) is 0 Å². The van der Waals surface area contributed by atoms with Crippen molar-refractivity contribution in [3.8, 4) is 5.75 Å². The molecular formula is C16H18FN3O2. The standard InChI is InChI=1S/C16H18FN3O2/c1-22-15-6-5-12(10-14(15)17)16(21)20-9-3-8-19-13-4-2-7-18-11-13/h2,4-7,10-11,19H,3,8-9H2,1H3,(H,20,21). The number of amides is 1. The number of methoxy groups -OCH3 is 1. The van der Waals surface area contributed by atoms with Crippen LogP contribution < -0.4 is 15.4 Å². The molecule has 116 valence electrons. The summed E-state index contributed by atoms with van der Waals surface area (Å²) in [6.45, 7) is 1.21. The van der Waals surface area contributed by atoms with Gasteiger partial charge in [-0.25, -0.2) is 4.39 Å². The molecule has 0 atom stereocenters. The third kappa shape index (κ3) is 4.44. The molecule has 2 N–H and O–H groups in total. The van der Waals surface area contributed by atoms with Crippen LogP contribution in [0.4, 0.5) is 10.1 Å². The fourth-order valence-corrected chi connectivity index (χ4v) is 1.90. The highest BCUT2D eigenvalue weighted by atomic mass is 19.1. The van der Waals surface area contributed by atoms with Gasteiger partial charge in [-0.05, 0) is 36.8 Å². The van der Waals surface area contributed by atoms with Crippen LogP contribution in [-0.2, 0) is 0 Å². The number of pyridine rings is 1. The molecule has 0 aliphatic heterocycles. The summed E-state index contributed by atoms with van der Waals surface area (Å²) in [4.78, 5) is 15.9. The maximum Gasteiger partial charge on any atom is 0.251 e. The van der Waals surface area contributed by atoms with Gasteiger partial charge in [-0.1, -0.05) is 0 Å². The van der Waals surface area contributed by atoms with E-state index in [1.807, 2.05) is 12.1 Å². The Kier molecular flexibility index (Phi) is 5.71. The first kappa shape index (κ1) is 15.8. The highest BCUT2D eigenvalue weighted by Crippen LogP contribution is 2.17. The van der Waals surface area contributed by atoms with Crippen LogP contribution in [0, 0.1) is 5.82 Å². The molecule has 0 saturated carbocycles. The van der Waals surface area contributed by atoms with E-state index in [-0.39, 0.29) is 17.2 Å². The average Bonchev–Trinajstić information content (AvgIpc) is 2.55. The third-order valence-corrected chi connectivity index (χ3v) is 3.04. The van der Waals surface area contributed by atoms with Gasteiger partial charge < -0.3 is 15.4 Å². The van der Waals surface area contributed by atoms with E-state index < -0.39 is 5.82 Å².